The molecule has 0 saturated heterocycles. The summed E-state index contributed by atoms with van der Waals surface area (Å²) in [6, 6.07) is 6.94. The van der Waals surface area contributed by atoms with Crippen LogP contribution in [0.2, 0.25) is 0 Å². The van der Waals surface area contributed by atoms with Gasteiger partial charge < -0.3 is 11.1 Å². The Labute approximate surface area is 127 Å². The lowest BCUT2D eigenvalue weighted by Gasteiger charge is -2.19. The van der Waals surface area contributed by atoms with Crippen molar-refractivity contribution in [1.82, 2.24) is 4.31 Å². The highest BCUT2D eigenvalue weighted by atomic mass is 32.2. The lowest BCUT2D eigenvalue weighted by molar-refractivity contribution is 0.414. The van der Waals surface area contributed by atoms with E-state index in [-0.39, 0.29) is 0 Å². The molecule has 1 aromatic rings. The molecule has 0 spiro atoms. The second-order valence-electron chi connectivity index (χ2n) is 5.88. The monoisotopic (exact) mass is 311 g/mol. The van der Waals surface area contributed by atoms with Crippen molar-refractivity contribution in [3.8, 4) is 0 Å². The molecule has 5 nitrogen and oxygen atoms in total. The molecule has 21 heavy (non-hydrogen) atoms. The normalized spacial score (nSPS) is 22.7. The van der Waals surface area contributed by atoms with Crippen LogP contribution >= 0.6 is 0 Å². The molecule has 3 N–H and O–H groups in total. The van der Waals surface area contributed by atoms with Crippen molar-refractivity contribution < 1.29 is 8.42 Å². The van der Waals surface area contributed by atoms with Gasteiger partial charge in [0.1, 0.15) is 0 Å². The minimum absolute atomic E-state index is 0.318. The summed E-state index contributed by atoms with van der Waals surface area (Å²) in [4.78, 5) is 0.318. The summed E-state index contributed by atoms with van der Waals surface area (Å²) in [5, 5.41) is 3.39. The molecule has 1 saturated carbocycles. The Morgan fingerprint density at radius 2 is 1.81 bits per heavy atom. The zero-order valence-electron chi connectivity index (χ0n) is 12.7. The predicted molar refractivity (Wildman–Crippen MR) is 85.7 cm³/mol. The Morgan fingerprint density at radius 3 is 2.38 bits per heavy atom. The molecule has 0 aliphatic heterocycles. The van der Waals surface area contributed by atoms with Crippen LogP contribution in [-0.4, -0.2) is 39.9 Å². The van der Waals surface area contributed by atoms with Crippen molar-refractivity contribution in [2.45, 2.75) is 24.2 Å². The van der Waals surface area contributed by atoms with Gasteiger partial charge in [0.2, 0.25) is 10.0 Å². The fourth-order valence-electron chi connectivity index (χ4n) is 2.90. The van der Waals surface area contributed by atoms with Crippen molar-refractivity contribution in [3.63, 3.8) is 0 Å². The standard InChI is InChI=1S/C15H25N3O2S/c1-18(2)21(19,20)15-8-6-14(7-9-15)17-11-13-5-3-4-12(13)10-16/h6-9,12-13,17H,3-5,10-11,16H2,1-2H3. The lowest BCUT2D eigenvalue weighted by atomic mass is 9.96. The van der Waals surface area contributed by atoms with E-state index in [9.17, 15) is 8.42 Å². The zero-order valence-corrected chi connectivity index (χ0v) is 13.6. The summed E-state index contributed by atoms with van der Waals surface area (Å²) >= 11 is 0. The van der Waals surface area contributed by atoms with Crippen LogP contribution in [0.25, 0.3) is 0 Å². The van der Waals surface area contributed by atoms with E-state index in [4.69, 9.17) is 5.73 Å². The quantitative estimate of drug-likeness (QED) is 0.839. The highest BCUT2D eigenvalue weighted by Crippen LogP contribution is 2.31. The zero-order chi connectivity index (χ0) is 15.5. The first-order valence-electron chi connectivity index (χ1n) is 7.41. The van der Waals surface area contributed by atoms with Crippen LogP contribution in [0.4, 0.5) is 5.69 Å². The summed E-state index contributed by atoms with van der Waals surface area (Å²) in [6.07, 6.45) is 3.71. The van der Waals surface area contributed by atoms with Gasteiger partial charge in [0.25, 0.3) is 0 Å². The van der Waals surface area contributed by atoms with Gasteiger partial charge in [-0.3, -0.25) is 0 Å². The number of nitrogens with one attached hydrogen (secondary N) is 1. The first-order chi connectivity index (χ1) is 9.95. The van der Waals surface area contributed by atoms with E-state index in [0.29, 0.717) is 16.7 Å². The molecule has 2 atom stereocenters. The van der Waals surface area contributed by atoms with E-state index in [2.05, 4.69) is 5.32 Å². The lowest BCUT2D eigenvalue weighted by Crippen LogP contribution is -2.24. The van der Waals surface area contributed by atoms with E-state index in [1.165, 1.54) is 37.7 Å². The molecule has 0 heterocycles. The van der Waals surface area contributed by atoms with E-state index < -0.39 is 10.0 Å². The number of nitrogens with two attached hydrogens (primary N) is 1. The van der Waals surface area contributed by atoms with Gasteiger partial charge in [0.05, 0.1) is 4.90 Å². The van der Waals surface area contributed by atoms with Crippen molar-refractivity contribution >= 4 is 15.7 Å². The third-order valence-corrected chi connectivity index (χ3v) is 6.15. The van der Waals surface area contributed by atoms with Crippen LogP contribution in [0, 0.1) is 11.8 Å². The van der Waals surface area contributed by atoms with Gasteiger partial charge in [0.15, 0.2) is 0 Å². The predicted octanol–water partition coefficient (Wildman–Crippen LogP) is 1.72. The molecule has 6 heteroatoms. The molecule has 1 aliphatic carbocycles. The second-order valence-corrected chi connectivity index (χ2v) is 8.03. The van der Waals surface area contributed by atoms with Gasteiger partial charge >= 0.3 is 0 Å². The summed E-state index contributed by atoms with van der Waals surface area (Å²) in [6.45, 7) is 1.66. The molecule has 0 bridgehead atoms. The number of hydrogen-bond donors (Lipinski definition) is 2. The highest BCUT2D eigenvalue weighted by molar-refractivity contribution is 7.89. The van der Waals surface area contributed by atoms with Gasteiger partial charge in [-0.2, -0.15) is 0 Å². The van der Waals surface area contributed by atoms with Crippen molar-refractivity contribution in [2.75, 3.05) is 32.5 Å². The summed E-state index contributed by atoms with van der Waals surface area (Å²) in [5.41, 5.74) is 6.74. The van der Waals surface area contributed by atoms with Crippen LogP contribution in [0.5, 0.6) is 0 Å². The van der Waals surface area contributed by atoms with Gasteiger partial charge in [-0.05, 0) is 55.5 Å². The Balaban J connectivity index is 1.97. The van der Waals surface area contributed by atoms with E-state index in [1.54, 1.807) is 12.1 Å². The topological polar surface area (TPSA) is 75.4 Å². The molecule has 0 amide bonds. The molecule has 1 aliphatic rings. The third kappa shape index (κ3) is 3.75. The maximum Gasteiger partial charge on any atom is 0.242 e. The Bertz CT molecular complexity index is 555. The molecule has 118 valence electrons. The van der Waals surface area contributed by atoms with Gasteiger partial charge in [-0.1, -0.05) is 6.42 Å². The van der Waals surface area contributed by atoms with E-state index in [1.807, 2.05) is 12.1 Å². The highest BCUT2D eigenvalue weighted by Gasteiger charge is 2.25. The number of nitrogens with zero attached hydrogens (tertiary/aromatic N) is 1. The Hall–Kier alpha value is -1.11. The summed E-state index contributed by atoms with van der Waals surface area (Å²) in [7, 11) is -0.275. The molecule has 1 aromatic carbocycles. The molecule has 1 fully saturated rings. The second kappa shape index (κ2) is 6.77. The SMILES string of the molecule is CN(C)S(=O)(=O)c1ccc(NCC2CCCC2CN)cc1. The number of sulfonamides is 1. The first kappa shape index (κ1) is 16.3. The smallest absolute Gasteiger partial charge is 0.242 e. The van der Waals surface area contributed by atoms with Crippen LogP contribution < -0.4 is 11.1 Å². The number of hydrogen-bond acceptors (Lipinski definition) is 4. The summed E-state index contributed by atoms with van der Waals surface area (Å²) < 4.78 is 25.2. The van der Waals surface area contributed by atoms with Gasteiger partial charge in [-0.15, -0.1) is 0 Å². The van der Waals surface area contributed by atoms with Gasteiger partial charge in [-0.25, -0.2) is 12.7 Å². The number of benzene rings is 1. The van der Waals surface area contributed by atoms with Crippen molar-refractivity contribution in [3.05, 3.63) is 24.3 Å². The Morgan fingerprint density at radius 1 is 1.19 bits per heavy atom. The Kier molecular flexibility index (Phi) is 5.24. The van der Waals surface area contributed by atoms with Crippen LogP contribution in [0.1, 0.15) is 19.3 Å². The molecule has 2 rings (SSSR count). The number of rotatable bonds is 6. The number of anilines is 1. The third-order valence-electron chi connectivity index (χ3n) is 4.32. The largest absolute Gasteiger partial charge is 0.385 e. The maximum absolute atomic E-state index is 12.0. The molecular weight excluding hydrogens is 286 g/mol. The minimum Gasteiger partial charge on any atom is -0.385 e. The van der Waals surface area contributed by atoms with Crippen LogP contribution in [0.15, 0.2) is 29.2 Å². The van der Waals surface area contributed by atoms with Crippen molar-refractivity contribution in [2.24, 2.45) is 17.6 Å². The molecule has 0 radical (unpaired) electrons. The minimum atomic E-state index is -3.35. The first-order valence-corrected chi connectivity index (χ1v) is 8.85. The fraction of sp³-hybridized carbons (Fsp3) is 0.600. The average Bonchev–Trinajstić information content (AvgIpc) is 2.92. The maximum atomic E-state index is 12.0. The average molecular weight is 311 g/mol. The van der Waals surface area contributed by atoms with E-state index in [0.717, 1.165) is 18.8 Å². The fourth-order valence-corrected chi connectivity index (χ4v) is 3.80. The molecule has 0 aromatic heterocycles. The molecule has 2 unspecified atom stereocenters. The van der Waals surface area contributed by atoms with Crippen LogP contribution in [-0.2, 0) is 10.0 Å². The van der Waals surface area contributed by atoms with E-state index >= 15 is 0 Å². The van der Waals surface area contributed by atoms with Crippen molar-refractivity contribution in [1.29, 1.82) is 0 Å². The van der Waals surface area contributed by atoms with Gasteiger partial charge in [0, 0.05) is 26.3 Å². The van der Waals surface area contributed by atoms with Crippen LogP contribution in [0.3, 0.4) is 0 Å². The summed E-state index contributed by atoms with van der Waals surface area (Å²) in [5.74, 6) is 1.24. The molecular formula is C15H25N3O2S.